The summed E-state index contributed by atoms with van der Waals surface area (Å²) in [4.78, 5) is 13.1. The molecule has 1 heterocycles. The second-order valence-electron chi connectivity index (χ2n) is 6.26. The van der Waals surface area contributed by atoms with E-state index >= 15 is 0 Å². The van der Waals surface area contributed by atoms with Crippen LogP contribution in [0.3, 0.4) is 0 Å². The third kappa shape index (κ3) is 5.82. The molecule has 6 nitrogen and oxygen atoms in total. The third-order valence-electron chi connectivity index (χ3n) is 3.56. The fraction of sp³-hybridized carbons (Fsp3) is 0.250. The molecular weight excluding hydrogens is 381 g/mol. The first kappa shape index (κ1) is 19.9. The summed E-state index contributed by atoms with van der Waals surface area (Å²) in [5.74, 6) is -0.667. The number of hydrogen-bond donors (Lipinski definition) is 1. The summed E-state index contributed by atoms with van der Waals surface area (Å²) in [6, 6.07) is 14.0. The van der Waals surface area contributed by atoms with Gasteiger partial charge in [0.15, 0.2) is 18.2 Å². The minimum atomic E-state index is -0.534. The number of para-hydroxylation sites is 1. The monoisotopic (exact) mass is 401 g/mol. The zero-order chi connectivity index (χ0) is 19.9. The molecule has 0 spiro atoms. The maximum Gasteiger partial charge on any atom is 0.322 e. The Bertz CT molecular complexity index is 928. The lowest BCUT2D eigenvalue weighted by atomic mass is 10.1. The van der Waals surface area contributed by atoms with Gasteiger partial charge in [0.25, 0.3) is 5.91 Å². The van der Waals surface area contributed by atoms with Crippen LogP contribution in [0.2, 0.25) is 0 Å². The van der Waals surface area contributed by atoms with Gasteiger partial charge in [-0.2, -0.15) is 0 Å². The Balaban J connectivity index is 1.51. The fourth-order valence-electron chi connectivity index (χ4n) is 2.37. The van der Waals surface area contributed by atoms with Gasteiger partial charge in [0, 0.05) is 10.1 Å². The van der Waals surface area contributed by atoms with E-state index in [9.17, 15) is 9.18 Å². The Morgan fingerprint density at radius 2 is 1.93 bits per heavy atom. The average molecular weight is 401 g/mol. The first-order valence-corrected chi connectivity index (χ1v) is 9.62. The van der Waals surface area contributed by atoms with E-state index in [1.165, 1.54) is 17.0 Å². The first-order valence-electron chi connectivity index (χ1n) is 8.75. The van der Waals surface area contributed by atoms with E-state index < -0.39 is 11.7 Å². The van der Waals surface area contributed by atoms with Crippen LogP contribution in [0.15, 0.2) is 57.8 Å². The van der Waals surface area contributed by atoms with Gasteiger partial charge >= 0.3 is 6.01 Å². The van der Waals surface area contributed by atoms with Crippen molar-refractivity contribution in [3.05, 3.63) is 65.8 Å². The molecule has 1 aromatic heterocycles. The smallest absolute Gasteiger partial charge is 0.322 e. The van der Waals surface area contributed by atoms with E-state index in [4.69, 9.17) is 9.15 Å². The molecule has 8 heteroatoms. The molecule has 0 bridgehead atoms. The predicted molar refractivity (Wildman–Crippen MR) is 105 cm³/mol. The standard InChI is InChI=1S/C20H20FN3O3S/c1-13(2)28-15-9-7-14(8-10-15)11-19-23-24-20(27-19)22-18(25)12-26-17-6-4-3-5-16(17)21/h3-10,13H,11-12H2,1-2H3,(H,22,24,25). The quantitative estimate of drug-likeness (QED) is 0.567. The topological polar surface area (TPSA) is 77.2 Å². The SMILES string of the molecule is CC(C)Sc1ccc(Cc2nnc(NC(=O)COc3ccccc3F)o2)cc1. The van der Waals surface area contributed by atoms with E-state index in [-0.39, 0.29) is 18.4 Å². The summed E-state index contributed by atoms with van der Waals surface area (Å²) in [6.07, 6.45) is 0.460. The van der Waals surface area contributed by atoms with Crippen molar-refractivity contribution >= 4 is 23.7 Å². The van der Waals surface area contributed by atoms with Crippen molar-refractivity contribution in [3.63, 3.8) is 0 Å². The number of benzene rings is 2. The molecule has 146 valence electrons. The van der Waals surface area contributed by atoms with Crippen LogP contribution in [-0.2, 0) is 11.2 Å². The third-order valence-corrected chi connectivity index (χ3v) is 4.57. The van der Waals surface area contributed by atoms with Crippen molar-refractivity contribution in [2.45, 2.75) is 30.4 Å². The Hall–Kier alpha value is -2.87. The maximum absolute atomic E-state index is 13.5. The van der Waals surface area contributed by atoms with Crippen molar-refractivity contribution in [2.75, 3.05) is 11.9 Å². The highest BCUT2D eigenvalue weighted by Gasteiger charge is 2.12. The highest BCUT2D eigenvalue weighted by Crippen LogP contribution is 2.23. The Morgan fingerprint density at radius 1 is 1.18 bits per heavy atom. The molecule has 1 amide bonds. The van der Waals surface area contributed by atoms with E-state index in [2.05, 4.69) is 41.5 Å². The largest absolute Gasteiger partial charge is 0.481 e. The van der Waals surface area contributed by atoms with Gasteiger partial charge in [-0.3, -0.25) is 10.1 Å². The average Bonchev–Trinajstić information content (AvgIpc) is 3.09. The number of carbonyl (C=O) groups is 1. The molecule has 0 radical (unpaired) electrons. The number of anilines is 1. The minimum absolute atomic E-state index is 0.00273. The lowest BCUT2D eigenvalue weighted by molar-refractivity contribution is -0.118. The summed E-state index contributed by atoms with van der Waals surface area (Å²) in [6.45, 7) is 3.93. The lowest BCUT2D eigenvalue weighted by Crippen LogP contribution is -2.20. The van der Waals surface area contributed by atoms with Crippen LogP contribution in [0.1, 0.15) is 25.3 Å². The minimum Gasteiger partial charge on any atom is -0.481 e. The van der Waals surface area contributed by atoms with Gasteiger partial charge in [-0.15, -0.1) is 16.9 Å². The van der Waals surface area contributed by atoms with Crippen LogP contribution in [0.4, 0.5) is 10.4 Å². The Labute approximate surface area is 166 Å². The van der Waals surface area contributed by atoms with Crippen molar-refractivity contribution < 1.29 is 18.3 Å². The number of aromatic nitrogens is 2. The Morgan fingerprint density at radius 3 is 2.64 bits per heavy atom. The van der Waals surface area contributed by atoms with Gasteiger partial charge in [-0.1, -0.05) is 43.2 Å². The fourth-order valence-corrected chi connectivity index (χ4v) is 3.21. The molecule has 2 aromatic carbocycles. The predicted octanol–water partition coefficient (Wildman–Crippen LogP) is 4.32. The first-order chi connectivity index (χ1) is 13.5. The lowest BCUT2D eigenvalue weighted by Gasteiger charge is -2.06. The number of rotatable bonds is 8. The van der Waals surface area contributed by atoms with E-state index in [1.807, 2.05) is 12.1 Å². The van der Waals surface area contributed by atoms with Crippen LogP contribution in [-0.4, -0.2) is 28.0 Å². The van der Waals surface area contributed by atoms with Gasteiger partial charge in [0.05, 0.1) is 6.42 Å². The van der Waals surface area contributed by atoms with Crippen LogP contribution in [0.5, 0.6) is 5.75 Å². The molecule has 3 aromatic rings. The molecule has 28 heavy (non-hydrogen) atoms. The number of nitrogens with zero attached hydrogens (tertiary/aromatic N) is 2. The van der Waals surface area contributed by atoms with E-state index in [0.29, 0.717) is 17.6 Å². The van der Waals surface area contributed by atoms with Crippen molar-refractivity contribution in [1.82, 2.24) is 10.2 Å². The van der Waals surface area contributed by atoms with Crippen LogP contribution in [0, 0.1) is 5.82 Å². The molecule has 0 aliphatic rings. The van der Waals surface area contributed by atoms with Gasteiger partial charge in [-0.25, -0.2) is 4.39 Å². The van der Waals surface area contributed by atoms with Gasteiger partial charge in [0.1, 0.15) is 0 Å². The summed E-state index contributed by atoms with van der Waals surface area (Å²) < 4.78 is 24.0. The van der Waals surface area contributed by atoms with Gasteiger partial charge in [-0.05, 0) is 29.8 Å². The highest BCUT2D eigenvalue weighted by atomic mass is 32.2. The number of hydrogen-bond acceptors (Lipinski definition) is 6. The number of halogens is 1. The van der Waals surface area contributed by atoms with E-state index in [0.717, 1.165) is 5.56 Å². The molecule has 0 aliphatic carbocycles. The summed E-state index contributed by atoms with van der Waals surface area (Å²) in [5, 5.41) is 10.7. The molecular formula is C20H20FN3O3S. The second kappa shape index (κ2) is 9.36. The van der Waals surface area contributed by atoms with Crippen LogP contribution in [0.25, 0.3) is 0 Å². The maximum atomic E-state index is 13.5. The normalized spacial score (nSPS) is 10.9. The number of ether oxygens (including phenoxy) is 1. The molecule has 0 atom stereocenters. The number of carbonyl (C=O) groups excluding carboxylic acids is 1. The van der Waals surface area contributed by atoms with Gasteiger partial charge in [0.2, 0.25) is 5.89 Å². The van der Waals surface area contributed by atoms with Crippen molar-refractivity contribution in [3.8, 4) is 5.75 Å². The van der Waals surface area contributed by atoms with Crippen LogP contribution >= 0.6 is 11.8 Å². The number of amides is 1. The molecule has 0 fully saturated rings. The molecule has 1 N–H and O–H groups in total. The zero-order valence-corrected chi connectivity index (χ0v) is 16.3. The molecule has 0 saturated heterocycles. The highest BCUT2D eigenvalue weighted by molar-refractivity contribution is 7.99. The summed E-state index contributed by atoms with van der Waals surface area (Å²) in [5.41, 5.74) is 1.03. The molecule has 3 rings (SSSR count). The zero-order valence-electron chi connectivity index (χ0n) is 15.5. The molecule has 0 unspecified atom stereocenters. The second-order valence-corrected chi connectivity index (χ2v) is 7.91. The van der Waals surface area contributed by atoms with E-state index in [1.54, 1.807) is 23.9 Å². The number of thioether (sulfide) groups is 1. The number of nitrogens with one attached hydrogen (secondary N) is 1. The summed E-state index contributed by atoms with van der Waals surface area (Å²) >= 11 is 1.79. The van der Waals surface area contributed by atoms with Gasteiger partial charge < -0.3 is 9.15 Å². The van der Waals surface area contributed by atoms with Crippen LogP contribution < -0.4 is 10.1 Å². The Kier molecular flexibility index (Phi) is 6.65. The summed E-state index contributed by atoms with van der Waals surface area (Å²) in [7, 11) is 0. The molecule has 0 aliphatic heterocycles. The molecule has 0 saturated carbocycles. The van der Waals surface area contributed by atoms with Crippen molar-refractivity contribution in [2.24, 2.45) is 0 Å². The van der Waals surface area contributed by atoms with Crippen molar-refractivity contribution in [1.29, 1.82) is 0 Å².